The van der Waals surface area contributed by atoms with Crippen molar-refractivity contribution in [3.63, 3.8) is 0 Å². The number of hydrogen-bond acceptors (Lipinski definition) is 21. The number of nitrogen functional groups attached to an aromatic ring is 5. The van der Waals surface area contributed by atoms with E-state index in [0.29, 0.717) is 90.9 Å². The standard InChI is InChI=1S/C22H13N5.C21H14N4O.C20H14N4O.C20H15N3O.C19H14ClN3O/c1-25-18-9-5-8-15-12-16(10-11-17(15)18)21-20(14-6-3-2-4-7-14)27-22(24)19(13-23)26-21;22-12-18-21(23)25-19(13-4-2-1-3-5-13)20(24-18)16-7-6-15-11-17(26)9-8-14(15)10-16;1-12-6-9-17(25-12)20-19(23-11-18(21)24-20)14-7-8-15-13(10-14)4-3-5-16(15)22-2;21-18-12-22-19(20(23-18)13-5-2-1-3-6-13)15-9-10-16-14(11-15)7-4-8-17(16)24;1-11-6-7-16(24-11)19-18(22-10-17(21)23-19)13-8-12-4-2-3-5-14(12)15(20)9-13/h2-12H,(H2,24,27);1-11,26H,(H2,23,25);3-11H,1H3,(H2,21,24);1-12,24H,(H2,21,23);2-10H,1H3,(H2,21,23). The number of nitrogens with zero attached hydrogens (tertiary/aromatic N) is 14. The summed E-state index contributed by atoms with van der Waals surface area (Å²) in [6, 6.07) is 97.6. The van der Waals surface area contributed by atoms with Crippen molar-refractivity contribution in [2.24, 2.45) is 0 Å². The first-order chi connectivity index (χ1) is 61.3. The summed E-state index contributed by atoms with van der Waals surface area (Å²) >= 11 is 6.45. The van der Waals surface area contributed by atoms with Crippen molar-refractivity contribution in [1.29, 1.82) is 10.5 Å². The van der Waals surface area contributed by atoms with Crippen LogP contribution in [0.4, 0.5) is 40.5 Å². The molecule has 0 unspecified atom stereocenters. The molecule has 126 heavy (non-hydrogen) atoms. The molecule has 0 bridgehead atoms. The molecule has 604 valence electrons. The van der Waals surface area contributed by atoms with Crippen molar-refractivity contribution < 1.29 is 19.0 Å². The molecular weight excluding hydrogens is 1590 g/mol. The molecule has 0 amide bonds. The van der Waals surface area contributed by atoms with E-state index in [1.807, 2.05) is 299 Å². The number of benzene rings is 13. The largest absolute Gasteiger partial charge is 0.508 e. The highest BCUT2D eigenvalue weighted by Crippen LogP contribution is 2.42. The SMILES string of the molecule is Cc1ccc(-c2nc(N)cnc2-c2cc(Cl)c3ccccc3c2)o1.N#Cc1nc(-c2ccc3cc(O)ccc3c2)c(-c2ccccc2)nc1N.Nc1cnc(-c2ccc3c(O)cccc3c2)c(-c2ccccc2)n1.[C-]#[N+]c1cccc2cc(-c3nc(C#N)c(N)nc3-c3ccccc3)ccc12.[C-]#[N+]c1cccc2cc(-c3ncc(N)nc3-c3ccc(C)o3)ccc12. The van der Waals surface area contributed by atoms with Crippen LogP contribution in [0.3, 0.4) is 0 Å². The topological polar surface area (TPSA) is 382 Å². The molecule has 0 saturated heterocycles. The van der Waals surface area contributed by atoms with E-state index in [-0.39, 0.29) is 34.5 Å². The number of phenols is 2. The number of furan rings is 2. The van der Waals surface area contributed by atoms with Gasteiger partial charge in [-0.3, -0.25) is 4.98 Å². The number of fused-ring (bicyclic) bond motifs is 5. The average molecular weight is 1660 g/mol. The van der Waals surface area contributed by atoms with Crippen molar-refractivity contribution >= 4 is 106 Å². The van der Waals surface area contributed by atoms with E-state index in [1.54, 1.807) is 30.5 Å². The number of anilines is 5. The third-order valence-electron chi connectivity index (χ3n) is 20.3. The molecule has 20 rings (SSSR count). The first-order valence-corrected chi connectivity index (χ1v) is 39.5. The van der Waals surface area contributed by atoms with Crippen LogP contribution in [0.1, 0.15) is 22.9 Å². The molecule has 23 nitrogen and oxygen atoms in total. The second-order valence-electron chi connectivity index (χ2n) is 28.7. The van der Waals surface area contributed by atoms with Crippen LogP contribution in [0, 0.1) is 49.7 Å². The molecule has 12 N–H and O–H groups in total. The van der Waals surface area contributed by atoms with Gasteiger partial charge in [-0.2, -0.15) is 10.5 Å². The third kappa shape index (κ3) is 17.7. The fraction of sp³-hybridized carbons (Fsp3) is 0.0196. The van der Waals surface area contributed by atoms with Crippen LogP contribution < -0.4 is 28.7 Å². The summed E-state index contributed by atoms with van der Waals surface area (Å²) in [6.07, 6.45) is 4.64. The molecule has 0 radical (unpaired) electrons. The normalized spacial score (nSPS) is 10.7. The molecule has 24 heteroatoms. The van der Waals surface area contributed by atoms with Gasteiger partial charge in [0, 0.05) is 60.3 Å². The lowest BCUT2D eigenvalue weighted by Gasteiger charge is -2.11. The third-order valence-corrected chi connectivity index (χ3v) is 20.6. The van der Waals surface area contributed by atoms with Gasteiger partial charge in [0.1, 0.15) is 64.0 Å². The molecule has 0 aliphatic heterocycles. The lowest BCUT2D eigenvalue weighted by Crippen LogP contribution is -2.03. The van der Waals surface area contributed by atoms with E-state index >= 15 is 0 Å². The van der Waals surface area contributed by atoms with Gasteiger partial charge in [-0.25, -0.2) is 54.5 Å². The smallest absolute Gasteiger partial charge is 0.194 e. The van der Waals surface area contributed by atoms with Crippen molar-refractivity contribution in [3.05, 3.63) is 367 Å². The maximum Gasteiger partial charge on any atom is 0.194 e. The Hall–Kier alpha value is -18.0. The molecular formula is C102H70ClN19O4. The highest BCUT2D eigenvalue weighted by atomic mass is 35.5. The van der Waals surface area contributed by atoms with Crippen LogP contribution in [0.25, 0.3) is 177 Å². The second kappa shape index (κ2) is 36.3. The summed E-state index contributed by atoms with van der Waals surface area (Å²) < 4.78 is 11.4. The Morgan fingerprint density at radius 3 is 1.14 bits per heavy atom. The quantitative estimate of drug-likeness (QED) is 0.0625. The minimum Gasteiger partial charge on any atom is -0.508 e. The van der Waals surface area contributed by atoms with Gasteiger partial charge in [-0.05, 0) is 142 Å². The number of phenolic OH excluding ortho intramolecular Hbond substituents is 2. The van der Waals surface area contributed by atoms with Gasteiger partial charge in [-0.15, -0.1) is 0 Å². The predicted molar refractivity (Wildman–Crippen MR) is 498 cm³/mol. The zero-order valence-electron chi connectivity index (χ0n) is 67.3. The average Bonchev–Trinajstić information content (AvgIpc) is 1.33. The molecule has 0 aliphatic carbocycles. The zero-order chi connectivity index (χ0) is 87.5. The Balaban J connectivity index is 0.000000116. The van der Waals surface area contributed by atoms with E-state index in [9.17, 15) is 20.7 Å². The molecule has 0 spiro atoms. The molecule has 0 aliphatic rings. The predicted octanol–water partition coefficient (Wildman–Crippen LogP) is 23.4. The van der Waals surface area contributed by atoms with Crippen LogP contribution in [-0.4, -0.2) is 60.1 Å². The number of halogens is 1. The molecule has 13 aromatic carbocycles. The summed E-state index contributed by atoms with van der Waals surface area (Å²) in [5.41, 5.74) is 44.3. The van der Waals surface area contributed by atoms with Crippen LogP contribution in [-0.2, 0) is 0 Å². The van der Waals surface area contributed by atoms with Gasteiger partial charge in [0.2, 0.25) is 0 Å². The summed E-state index contributed by atoms with van der Waals surface area (Å²) in [7, 11) is 0. The van der Waals surface area contributed by atoms with E-state index in [4.69, 9.17) is 62.2 Å². The summed E-state index contributed by atoms with van der Waals surface area (Å²) in [6.45, 7) is 18.4. The van der Waals surface area contributed by atoms with Crippen molar-refractivity contribution in [1.82, 2.24) is 49.8 Å². The monoisotopic (exact) mass is 1660 g/mol. The fourth-order valence-electron chi connectivity index (χ4n) is 14.4. The molecule has 7 heterocycles. The Labute approximate surface area is 726 Å². The van der Waals surface area contributed by atoms with E-state index in [2.05, 4.69) is 59.5 Å². The maximum atomic E-state index is 9.96. The number of nitrogens with two attached hydrogens (primary N) is 5. The maximum absolute atomic E-state index is 9.96. The summed E-state index contributed by atoms with van der Waals surface area (Å²) in [5, 5.41) is 48.3. The van der Waals surface area contributed by atoms with Crippen molar-refractivity contribution in [2.75, 3.05) is 28.7 Å². The van der Waals surface area contributed by atoms with Crippen LogP contribution in [0.2, 0.25) is 5.02 Å². The minimum absolute atomic E-state index is 0.0969. The number of aromatic hydroxyl groups is 2. The Morgan fingerprint density at radius 2 is 0.675 bits per heavy atom. The molecule has 0 atom stereocenters. The first-order valence-electron chi connectivity index (χ1n) is 39.1. The number of hydrogen-bond donors (Lipinski definition) is 7. The van der Waals surface area contributed by atoms with Crippen LogP contribution in [0.5, 0.6) is 11.5 Å². The van der Waals surface area contributed by atoms with Gasteiger partial charge in [0.05, 0.1) is 77.3 Å². The van der Waals surface area contributed by atoms with Crippen molar-refractivity contribution in [3.8, 4) is 137 Å². The fourth-order valence-corrected chi connectivity index (χ4v) is 14.7. The number of aryl methyl sites for hydroxylation is 2. The first kappa shape index (κ1) is 81.7. The highest BCUT2D eigenvalue weighted by molar-refractivity contribution is 6.36. The van der Waals surface area contributed by atoms with Gasteiger partial charge < -0.3 is 47.7 Å². The zero-order valence-corrected chi connectivity index (χ0v) is 68.0. The number of nitriles is 2. The molecule has 0 fully saturated rings. The summed E-state index contributed by atoms with van der Waals surface area (Å²) in [4.78, 5) is 51.7. The van der Waals surface area contributed by atoms with Gasteiger partial charge in [-0.1, -0.05) is 224 Å². The molecule has 7 aromatic heterocycles. The van der Waals surface area contributed by atoms with Crippen molar-refractivity contribution in [2.45, 2.75) is 13.8 Å². The minimum atomic E-state index is 0.0969. The Morgan fingerprint density at radius 1 is 0.317 bits per heavy atom. The summed E-state index contributed by atoms with van der Waals surface area (Å²) in [5.74, 6) is 4.63. The lowest BCUT2D eigenvalue weighted by molar-refractivity contribution is 0.476. The Bertz CT molecular complexity index is 7760. The molecule has 0 saturated carbocycles. The van der Waals surface area contributed by atoms with Gasteiger partial charge in [0.15, 0.2) is 45.9 Å². The number of aromatic nitrogens is 10. The van der Waals surface area contributed by atoms with E-state index in [0.717, 1.165) is 121 Å². The molecule has 20 aromatic rings. The van der Waals surface area contributed by atoms with Gasteiger partial charge in [0.25, 0.3) is 0 Å². The van der Waals surface area contributed by atoms with Crippen LogP contribution >= 0.6 is 11.6 Å². The Kier molecular flexibility index (Phi) is 23.5. The second-order valence-corrected chi connectivity index (χ2v) is 29.1. The highest BCUT2D eigenvalue weighted by Gasteiger charge is 2.22. The van der Waals surface area contributed by atoms with Crippen LogP contribution in [0.15, 0.2) is 325 Å². The van der Waals surface area contributed by atoms with E-state index in [1.165, 1.54) is 12.4 Å². The van der Waals surface area contributed by atoms with E-state index < -0.39 is 0 Å². The number of rotatable bonds is 10. The van der Waals surface area contributed by atoms with Gasteiger partial charge >= 0.3 is 0 Å². The lowest BCUT2D eigenvalue weighted by atomic mass is 10.00.